The molecule has 0 radical (unpaired) electrons. The first-order chi connectivity index (χ1) is 11.0. The van der Waals surface area contributed by atoms with Crippen LogP contribution in [0.2, 0.25) is 5.02 Å². The lowest BCUT2D eigenvalue weighted by Crippen LogP contribution is -2.38. The van der Waals surface area contributed by atoms with Gasteiger partial charge in [0.05, 0.1) is 11.4 Å². The molecule has 0 unspecified atom stereocenters. The molecule has 2 aromatic carbocycles. The molecular formula is C17H14ClNO3S. The molecule has 1 aliphatic rings. The predicted molar refractivity (Wildman–Crippen MR) is 90.4 cm³/mol. The van der Waals surface area contributed by atoms with Gasteiger partial charge in [0.15, 0.2) is 6.10 Å². The Morgan fingerprint density at radius 3 is 2.57 bits per heavy atom. The second-order valence-corrected chi connectivity index (χ2v) is 6.63. The number of anilines is 2. The summed E-state index contributed by atoms with van der Waals surface area (Å²) in [6, 6.07) is 13.0. The summed E-state index contributed by atoms with van der Waals surface area (Å²) in [7, 11) is 0. The van der Waals surface area contributed by atoms with Crippen molar-refractivity contribution in [2.75, 3.05) is 4.90 Å². The maximum Gasteiger partial charge on any atom is 0.303 e. The van der Waals surface area contributed by atoms with Gasteiger partial charge in [0.2, 0.25) is 0 Å². The molecule has 2 aromatic rings. The van der Waals surface area contributed by atoms with Crippen LogP contribution in [0.1, 0.15) is 13.8 Å². The number of nitrogens with zero attached hydrogens (tertiary/aromatic N) is 1. The SMILES string of the molecule is CC(=O)O[C@@H](C)C(=O)N1c2ccccc2Sc2ccc(Cl)cc21. The molecule has 0 bridgehead atoms. The van der Waals surface area contributed by atoms with Crippen molar-refractivity contribution < 1.29 is 14.3 Å². The second-order valence-electron chi connectivity index (χ2n) is 5.11. The Hall–Kier alpha value is -1.98. The number of halogens is 1. The maximum atomic E-state index is 12.9. The van der Waals surface area contributed by atoms with Crippen molar-refractivity contribution in [2.45, 2.75) is 29.7 Å². The Kier molecular flexibility index (Phi) is 4.33. The van der Waals surface area contributed by atoms with Gasteiger partial charge in [-0.25, -0.2) is 0 Å². The molecular weight excluding hydrogens is 334 g/mol. The normalized spacial score (nSPS) is 13.8. The van der Waals surface area contributed by atoms with Gasteiger partial charge in [-0.2, -0.15) is 0 Å². The van der Waals surface area contributed by atoms with E-state index in [-0.39, 0.29) is 5.91 Å². The van der Waals surface area contributed by atoms with Crippen LogP contribution in [0.15, 0.2) is 52.3 Å². The molecule has 1 atom stereocenters. The summed E-state index contributed by atoms with van der Waals surface area (Å²) in [5.41, 5.74) is 1.46. The van der Waals surface area contributed by atoms with Gasteiger partial charge in [0.1, 0.15) is 0 Å². The van der Waals surface area contributed by atoms with E-state index in [4.69, 9.17) is 16.3 Å². The van der Waals surface area contributed by atoms with Gasteiger partial charge in [0.25, 0.3) is 5.91 Å². The molecule has 0 aliphatic carbocycles. The van der Waals surface area contributed by atoms with Crippen molar-refractivity contribution >= 4 is 46.6 Å². The highest BCUT2D eigenvalue weighted by Gasteiger charge is 2.32. The summed E-state index contributed by atoms with van der Waals surface area (Å²) >= 11 is 7.68. The van der Waals surface area contributed by atoms with Crippen LogP contribution in [0.25, 0.3) is 0 Å². The van der Waals surface area contributed by atoms with E-state index in [1.807, 2.05) is 30.3 Å². The number of fused-ring (bicyclic) bond motifs is 2. The number of para-hydroxylation sites is 1. The highest BCUT2D eigenvalue weighted by atomic mass is 35.5. The molecule has 1 aliphatic heterocycles. The Labute approximate surface area is 143 Å². The van der Waals surface area contributed by atoms with E-state index < -0.39 is 12.1 Å². The van der Waals surface area contributed by atoms with E-state index in [0.717, 1.165) is 15.5 Å². The molecule has 1 heterocycles. The lowest BCUT2D eigenvalue weighted by Gasteiger charge is -2.32. The van der Waals surface area contributed by atoms with Gasteiger partial charge < -0.3 is 4.74 Å². The summed E-state index contributed by atoms with van der Waals surface area (Å²) in [4.78, 5) is 27.5. The number of ether oxygens (including phenoxy) is 1. The average Bonchev–Trinajstić information content (AvgIpc) is 2.51. The third kappa shape index (κ3) is 3.07. The highest BCUT2D eigenvalue weighted by molar-refractivity contribution is 7.99. The smallest absolute Gasteiger partial charge is 0.303 e. The topological polar surface area (TPSA) is 46.6 Å². The molecule has 0 spiro atoms. The first-order valence-corrected chi connectivity index (χ1v) is 8.24. The Morgan fingerprint density at radius 1 is 1.13 bits per heavy atom. The number of carbonyl (C=O) groups is 2. The third-order valence-corrected chi connectivity index (χ3v) is 4.76. The molecule has 0 saturated carbocycles. The summed E-state index contributed by atoms with van der Waals surface area (Å²) in [6.45, 7) is 2.85. The van der Waals surface area contributed by atoms with Gasteiger partial charge in [-0.15, -0.1) is 0 Å². The van der Waals surface area contributed by atoms with Crippen molar-refractivity contribution in [2.24, 2.45) is 0 Å². The minimum Gasteiger partial charge on any atom is -0.453 e. The Balaban J connectivity index is 2.09. The number of esters is 1. The number of hydrogen-bond donors (Lipinski definition) is 0. The minimum absolute atomic E-state index is 0.309. The van der Waals surface area contributed by atoms with Crippen molar-refractivity contribution in [3.8, 4) is 0 Å². The molecule has 23 heavy (non-hydrogen) atoms. The first-order valence-electron chi connectivity index (χ1n) is 7.05. The molecule has 118 valence electrons. The van der Waals surface area contributed by atoms with Crippen LogP contribution >= 0.6 is 23.4 Å². The van der Waals surface area contributed by atoms with Crippen molar-refractivity contribution in [3.05, 3.63) is 47.5 Å². The van der Waals surface area contributed by atoms with Crippen LogP contribution in [-0.2, 0) is 14.3 Å². The number of hydrogen-bond acceptors (Lipinski definition) is 4. The van der Waals surface area contributed by atoms with Crippen molar-refractivity contribution in [1.29, 1.82) is 0 Å². The molecule has 4 nitrogen and oxygen atoms in total. The zero-order valence-electron chi connectivity index (χ0n) is 12.6. The Morgan fingerprint density at radius 2 is 1.83 bits per heavy atom. The zero-order valence-corrected chi connectivity index (χ0v) is 14.1. The summed E-state index contributed by atoms with van der Waals surface area (Å²) in [6.07, 6.45) is -0.879. The van der Waals surface area contributed by atoms with E-state index >= 15 is 0 Å². The van der Waals surface area contributed by atoms with E-state index in [9.17, 15) is 9.59 Å². The highest BCUT2D eigenvalue weighted by Crippen LogP contribution is 2.49. The zero-order chi connectivity index (χ0) is 16.6. The second kappa shape index (κ2) is 6.26. The molecule has 0 aromatic heterocycles. The van der Waals surface area contributed by atoms with Gasteiger partial charge >= 0.3 is 5.97 Å². The summed E-state index contributed by atoms with van der Waals surface area (Å²) in [5.74, 6) is -0.798. The molecule has 0 fully saturated rings. The van der Waals surface area contributed by atoms with Crippen LogP contribution in [0.4, 0.5) is 11.4 Å². The molecule has 6 heteroatoms. The Bertz CT molecular complexity index is 793. The van der Waals surface area contributed by atoms with Crippen molar-refractivity contribution in [1.82, 2.24) is 0 Å². The van der Waals surface area contributed by atoms with Gasteiger partial charge in [0, 0.05) is 21.7 Å². The quantitative estimate of drug-likeness (QED) is 0.754. The number of amides is 1. The number of benzene rings is 2. The number of carbonyl (C=O) groups excluding carboxylic acids is 2. The molecule has 0 N–H and O–H groups in total. The summed E-state index contributed by atoms with van der Waals surface area (Å²) in [5, 5.41) is 0.543. The standard InChI is InChI=1S/C17H14ClNO3S/c1-10(22-11(2)20)17(21)19-13-5-3-4-6-15(13)23-16-8-7-12(18)9-14(16)19/h3-10H,1-2H3/t10-/m0/s1. The fourth-order valence-corrected chi connectivity index (χ4v) is 3.65. The lowest BCUT2D eigenvalue weighted by molar-refractivity contribution is -0.151. The van der Waals surface area contributed by atoms with Gasteiger partial charge in [-0.3, -0.25) is 14.5 Å². The lowest BCUT2D eigenvalue weighted by atomic mass is 10.2. The monoisotopic (exact) mass is 347 g/mol. The predicted octanol–water partition coefficient (Wildman–Crippen LogP) is 4.42. The van der Waals surface area contributed by atoms with Crippen LogP contribution in [0, 0.1) is 0 Å². The van der Waals surface area contributed by atoms with E-state index in [1.165, 1.54) is 6.92 Å². The summed E-state index contributed by atoms with van der Waals surface area (Å²) < 4.78 is 5.06. The fraction of sp³-hybridized carbons (Fsp3) is 0.176. The van der Waals surface area contributed by atoms with Gasteiger partial charge in [-0.1, -0.05) is 35.5 Å². The van der Waals surface area contributed by atoms with E-state index in [0.29, 0.717) is 10.7 Å². The largest absolute Gasteiger partial charge is 0.453 e. The maximum absolute atomic E-state index is 12.9. The first kappa shape index (κ1) is 15.9. The molecule has 3 rings (SSSR count). The van der Waals surface area contributed by atoms with Crippen LogP contribution < -0.4 is 4.90 Å². The molecule has 1 amide bonds. The van der Waals surface area contributed by atoms with Crippen LogP contribution in [0.5, 0.6) is 0 Å². The van der Waals surface area contributed by atoms with Crippen LogP contribution in [0.3, 0.4) is 0 Å². The minimum atomic E-state index is -0.879. The van der Waals surface area contributed by atoms with Crippen LogP contribution in [-0.4, -0.2) is 18.0 Å². The van der Waals surface area contributed by atoms with Crippen molar-refractivity contribution in [3.63, 3.8) is 0 Å². The fourth-order valence-electron chi connectivity index (χ4n) is 2.45. The third-order valence-electron chi connectivity index (χ3n) is 3.40. The molecule has 0 saturated heterocycles. The van der Waals surface area contributed by atoms with Gasteiger partial charge in [-0.05, 0) is 37.3 Å². The van der Waals surface area contributed by atoms with E-state index in [1.54, 1.807) is 35.7 Å². The van der Waals surface area contributed by atoms with E-state index in [2.05, 4.69) is 0 Å². The number of rotatable bonds is 2. The average molecular weight is 348 g/mol.